The van der Waals surface area contributed by atoms with Crippen molar-refractivity contribution in [3.05, 3.63) is 52.3 Å². The van der Waals surface area contributed by atoms with Gasteiger partial charge in [-0.3, -0.25) is 14.9 Å². The summed E-state index contributed by atoms with van der Waals surface area (Å²) in [5.41, 5.74) is 0.512. The van der Waals surface area contributed by atoms with Gasteiger partial charge < -0.3 is 10.6 Å². The van der Waals surface area contributed by atoms with Gasteiger partial charge in [-0.15, -0.1) is 0 Å². The maximum atomic E-state index is 12.4. The molecule has 0 aliphatic carbocycles. The van der Waals surface area contributed by atoms with Gasteiger partial charge in [0.1, 0.15) is 5.69 Å². The van der Waals surface area contributed by atoms with Gasteiger partial charge in [0, 0.05) is 24.3 Å². The second-order valence-corrected chi connectivity index (χ2v) is 5.86. The fourth-order valence-electron chi connectivity index (χ4n) is 2.87. The van der Waals surface area contributed by atoms with Crippen molar-refractivity contribution in [3.63, 3.8) is 0 Å². The molecule has 2 aromatic rings. The SMILES string of the molecule is CC1NCCCC1NC(=O)c1ccn(-c2ccccc2[N+](=O)[O-])n1. The smallest absolute Gasteiger partial charge is 0.294 e. The topological polar surface area (TPSA) is 102 Å². The van der Waals surface area contributed by atoms with Crippen molar-refractivity contribution in [2.24, 2.45) is 0 Å². The van der Waals surface area contributed by atoms with Crippen LogP contribution in [0, 0.1) is 10.1 Å². The van der Waals surface area contributed by atoms with E-state index in [0.29, 0.717) is 5.69 Å². The summed E-state index contributed by atoms with van der Waals surface area (Å²) >= 11 is 0. The average Bonchev–Trinajstić information content (AvgIpc) is 3.07. The van der Waals surface area contributed by atoms with Crippen molar-refractivity contribution in [3.8, 4) is 5.69 Å². The monoisotopic (exact) mass is 329 g/mol. The number of rotatable bonds is 4. The summed E-state index contributed by atoms with van der Waals surface area (Å²) in [6, 6.07) is 8.12. The first-order valence-electron chi connectivity index (χ1n) is 7.90. The second kappa shape index (κ2) is 6.79. The number of para-hydroxylation sites is 2. The highest BCUT2D eigenvalue weighted by molar-refractivity contribution is 5.92. The Morgan fingerprint density at radius 1 is 1.42 bits per heavy atom. The Morgan fingerprint density at radius 3 is 2.96 bits per heavy atom. The van der Waals surface area contributed by atoms with Crippen LogP contribution in [0.1, 0.15) is 30.3 Å². The van der Waals surface area contributed by atoms with Gasteiger partial charge in [0.25, 0.3) is 11.6 Å². The number of hydrogen-bond acceptors (Lipinski definition) is 5. The van der Waals surface area contributed by atoms with Crippen LogP contribution in [-0.2, 0) is 0 Å². The summed E-state index contributed by atoms with van der Waals surface area (Å²) in [5.74, 6) is -0.270. The van der Waals surface area contributed by atoms with E-state index in [0.717, 1.165) is 19.4 Å². The third-order valence-corrected chi connectivity index (χ3v) is 4.23. The number of carbonyl (C=O) groups is 1. The van der Waals surface area contributed by atoms with Crippen LogP contribution in [0.2, 0.25) is 0 Å². The van der Waals surface area contributed by atoms with E-state index in [1.165, 1.54) is 10.7 Å². The lowest BCUT2D eigenvalue weighted by atomic mass is 10.00. The van der Waals surface area contributed by atoms with Crippen LogP contribution in [-0.4, -0.2) is 39.2 Å². The third kappa shape index (κ3) is 3.28. The minimum absolute atomic E-state index is 0.0577. The molecule has 1 aromatic carbocycles. The minimum atomic E-state index is -0.466. The molecule has 8 heteroatoms. The molecule has 2 N–H and O–H groups in total. The normalized spacial score (nSPS) is 20.5. The van der Waals surface area contributed by atoms with E-state index in [9.17, 15) is 14.9 Å². The molecular formula is C16H19N5O3. The van der Waals surface area contributed by atoms with Crippen LogP contribution < -0.4 is 10.6 Å². The molecule has 0 bridgehead atoms. The molecule has 24 heavy (non-hydrogen) atoms. The molecule has 1 amide bonds. The lowest BCUT2D eigenvalue weighted by Crippen LogP contribution is -2.52. The van der Waals surface area contributed by atoms with E-state index < -0.39 is 4.92 Å². The van der Waals surface area contributed by atoms with E-state index in [2.05, 4.69) is 15.7 Å². The fraction of sp³-hybridized carbons (Fsp3) is 0.375. The number of nitrogens with zero attached hydrogens (tertiary/aromatic N) is 3. The molecule has 1 aliphatic rings. The van der Waals surface area contributed by atoms with Gasteiger partial charge in [-0.25, -0.2) is 4.68 Å². The van der Waals surface area contributed by atoms with E-state index >= 15 is 0 Å². The lowest BCUT2D eigenvalue weighted by Gasteiger charge is -2.30. The Labute approximate surface area is 139 Å². The number of carbonyl (C=O) groups excluding carboxylic acids is 1. The minimum Gasteiger partial charge on any atom is -0.346 e. The predicted molar refractivity (Wildman–Crippen MR) is 88.2 cm³/mol. The molecule has 3 rings (SSSR count). The van der Waals surface area contributed by atoms with Crippen LogP contribution in [0.3, 0.4) is 0 Å². The van der Waals surface area contributed by atoms with Gasteiger partial charge in [0.05, 0.1) is 4.92 Å². The zero-order chi connectivity index (χ0) is 17.1. The molecule has 2 heterocycles. The lowest BCUT2D eigenvalue weighted by molar-refractivity contribution is -0.384. The quantitative estimate of drug-likeness (QED) is 0.656. The summed E-state index contributed by atoms with van der Waals surface area (Å²) in [6.45, 7) is 3.00. The molecular weight excluding hydrogens is 310 g/mol. The first-order valence-corrected chi connectivity index (χ1v) is 7.90. The van der Waals surface area contributed by atoms with Crippen molar-refractivity contribution in [2.75, 3.05) is 6.54 Å². The van der Waals surface area contributed by atoms with Gasteiger partial charge in [-0.2, -0.15) is 5.10 Å². The van der Waals surface area contributed by atoms with Crippen molar-refractivity contribution in [1.82, 2.24) is 20.4 Å². The van der Waals surface area contributed by atoms with E-state index in [4.69, 9.17) is 0 Å². The van der Waals surface area contributed by atoms with E-state index in [1.807, 2.05) is 6.92 Å². The van der Waals surface area contributed by atoms with E-state index in [-0.39, 0.29) is 29.4 Å². The molecule has 1 fully saturated rings. The van der Waals surface area contributed by atoms with Gasteiger partial charge >= 0.3 is 0 Å². The Morgan fingerprint density at radius 2 is 2.21 bits per heavy atom. The van der Waals surface area contributed by atoms with Crippen molar-refractivity contribution < 1.29 is 9.72 Å². The van der Waals surface area contributed by atoms with Crippen LogP contribution in [0.5, 0.6) is 0 Å². The third-order valence-electron chi connectivity index (χ3n) is 4.23. The van der Waals surface area contributed by atoms with Gasteiger partial charge in [0.2, 0.25) is 0 Å². The van der Waals surface area contributed by atoms with E-state index in [1.54, 1.807) is 30.5 Å². The number of nitro groups is 1. The average molecular weight is 329 g/mol. The maximum absolute atomic E-state index is 12.4. The second-order valence-electron chi connectivity index (χ2n) is 5.86. The van der Waals surface area contributed by atoms with Gasteiger partial charge in [-0.05, 0) is 38.4 Å². The molecule has 8 nitrogen and oxygen atoms in total. The van der Waals surface area contributed by atoms with Crippen molar-refractivity contribution in [1.29, 1.82) is 0 Å². The largest absolute Gasteiger partial charge is 0.346 e. The molecule has 0 radical (unpaired) electrons. The van der Waals surface area contributed by atoms with Gasteiger partial charge in [-0.1, -0.05) is 12.1 Å². The first kappa shape index (κ1) is 16.1. The highest BCUT2D eigenvalue weighted by Crippen LogP contribution is 2.21. The highest BCUT2D eigenvalue weighted by Gasteiger charge is 2.24. The summed E-state index contributed by atoms with van der Waals surface area (Å²) < 4.78 is 1.36. The summed E-state index contributed by atoms with van der Waals surface area (Å²) in [5, 5.41) is 21.6. The highest BCUT2D eigenvalue weighted by atomic mass is 16.6. The van der Waals surface area contributed by atoms with Crippen molar-refractivity contribution in [2.45, 2.75) is 31.8 Å². The number of amides is 1. The Hall–Kier alpha value is -2.74. The van der Waals surface area contributed by atoms with Crippen LogP contribution in [0.4, 0.5) is 5.69 Å². The number of piperidine rings is 1. The van der Waals surface area contributed by atoms with Gasteiger partial charge in [0.15, 0.2) is 5.69 Å². The Kier molecular flexibility index (Phi) is 4.57. The summed E-state index contributed by atoms with van der Waals surface area (Å²) in [7, 11) is 0. The maximum Gasteiger partial charge on any atom is 0.294 e. The molecule has 2 unspecified atom stereocenters. The molecule has 0 saturated carbocycles. The predicted octanol–water partition coefficient (Wildman–Crippen LogP) is 1.65. The first-order chi connectivity index (χ1) is 11.6. The van der Waals surface area contributed by atoms with Crippen LogP contribution in [0.15, 0.2) is 36.5 Å². The van der Waals surface area contributed by atoms with Crippen molar-refractivity contribution >= 4 is 11.6 Å². The summed E-state index contributed by atoms with van der Waals surface area (Å²) in [4.78, 5) is 23.0. The standard InChI is InChI=1S/C16H19N5O3/c1-11-12(5-4-9-17-11)18-16(22)13-8-10-20(19-13)14-6-2-3-7-15(14)21(23)24/h2-3,6-8,10-12,17H,4-5,9H2,1H3,(H,18,22). The number of nitro benzene ring substituents is 1. The number of aromatic nitrogens is 2. The zero-order valence-corrected chi connectivity index (χ0v) is 13.3. The zero-order valence-electron chi connectivity index (χ0n) is 13.3. The van der Waals surface area contributed by atoms with Crippen LogP contribution in [0.25, 0.3) is 5.69 Å². The molecule has 1 saturated heterocycles. The van der Waals surface area contributed by atoms with Crippen LogP contribution >= 0.6 is 0 Å². The number of nitrogens with one attached hydrogen (secondary N) is 2. The summed E-state index contributed by atoms with van der Waals surface area (Å²) in [6.07, 6.45) is 3.49. The molecule has 1 aliphatic heterocycles. The Bertz CT molecular complexity index is 758. The fourth-order valence-corrected chi connectivity index (χ4v) is 2.87. The molecule has 1 aromatic heterocycles. The number of hydrogen-bond donors (Lipinski definition) is 2. The number of benzene rings is 1. The Balaban J connectivity index is 1.78. The molecule has 2 atom stereocenters. The molecule has 126 valence electrons. The molecule has 0 spiro atoms.